The Morgan fingerprint density at radius 1 is 0.731 bits per heavy atom. The second kappa shape index (κ2) is 7.31. The van der Waals surface area contributed by atoms with Gasteiger partial charge >= 0.3 is 0 Å². The maximum absolute atomic E-state index is 13.2. The van der Waals surface area contributed by atoms with Gasteiger partial charge in [-0.2, -0.15) is 0 Å². The summed E-state index contributed by atoms with van der Waals surface area (Å²) < 4.78 is 53.2. The molecular weight excluding hydrogens is 382 g/mol. The molecule has 3 rings (SSSR count). The van der Waals surface area contributed by atoms with Crippen LogP contribution >= 0.6 is 11.6 Å². The van der Waals surface area contributed by atoms with Crippen LogP contribution in [0.1, 0.15) is 0 Å². The molecule has 8 heteroatoms. The molecule has 0 saturated carbocycles. The Bertz CT molecular complexity index is 1020. The van der Waals surface area contributed by atoms with E-state index in [1.165, 1.54) is 30.3 Å². The third-order valence-electron chi connectivity index (χ3n) is 3.47. The molecule has 134 valence electrons. The lowest BCUT2D eigenvalue weighted by Crippen LogP contribution is -2.12. The molecule has 4 nitrogen and oxygen atoms in total. The van der Waals surface area contributed by atoms with Crippen molar-refractivity contribution < 1.29 is 17.2 Å². The van der Waals surface area contributed by atoms with Crippen molar-refractivity contribution in [3.8, 4) is 0 Å². The zero-order chi connectivity index (χ0) is 18.7. The van der Waals surface area contributed by atoms with Crippen molar-refractivity contribution in [1.29, 1.82) is 0 Å². The fourth-order valence-electron chi connectivity index (χ4n) is 2.19. The zero-order valence-corrected chi connectivity index (χ0v) is 14.8. The molecular formula is C18H13ClF2N2O2S. The van der Waals surface area contributed by atoms with E-state index in [2.05, 4.69) is 10.0 Å². The number of sulfonamides is 1. The zero-order valence-electron chi connectivity index (χ0n) is 13.2. The second-order valence-electron chi connectivity index (χ2n) is 5.39. The first-order chi connectivity index (χ1) is 12.3. The number of halogens is 3. The van der Waals surface area contributed by atoms with Crippen molar-refractivity contribution in [2.45, 2.75) is 4.90 Å². The molecule has 0 radical (unpaired) electrons. The second-order valence-corrected chi connectivity index (χ2v) is 7.51. The molecule has 0 amide bonds. The third kappa shape index (κ3) is 4.30. The lowest BCUT2D eigenvalue weighted by Gasteiger charge is -2.10. The molecule has 0 fully saturated rings. The molecule has 0 aliphatic heterocycles. The fourth-order valence-corrected chi connectivity index (χ4v) is 3.37. The number of rotatable bonds is 5. The molecule has 0 aromatic heterocycles. The molecule has 3 aromatic carbocycles. The fraction of sp³-hybridized carbons (Fsp3) is 0. The summed E-state index contributed by atoms with van der Waals surface area (Å²) in [5.74, 6) is -1.88. The monoisotopic (exact) mass is 394 g/mol. The van der Waals surface area contributed by atoms with Crippen LogP contribution < -0.4 is 10.0 Å². The Hall–Kier alpha value is -2.64. The van der Waals surface area contributed by atoms with Crippen molar-refractivity contribution in [3.63, 3.8) is 0 Å². The minimum absolute atomic E-state index is 0.0888. The number of anilines is 3. The molecule has 26 heavy (non-hydrogen) atoms. The minimum atomic E-state index is -3.73. The molecule has 0 aliphatic rings. The van der Waals surface area contributed by atoms with Gasteiger partial charge in [-0.25, -0.2) is 17.2 Å². The van der Waals surface area contributed by atoms with Crippen LogP contribution in [0.15, 0.2) is 71.6 Å². The van der Waals surface area contributed by atoms with E-state index < -0.39 is 21.7 Å². The summed E-state index contributed by atoms with van der Waals surface area (Å²) in [6, 6.07) is 15.6. The standard InChI is InChI=1S/C18H13ClF2N2O2S/c19-12-1-8-16(9-2-12)26(24,25)23-14-5-3-13(4-6-14)22-15-7-10-17(20)18(21)11-15/h1-11,22-23H. The van der Waals surface area contributed by atoms with Crippen molar-refractivity contribution >= 4 is 38.7 Å². The van der Waals surface area contributed by atoms with Crippen LogP contribution in [-0.4, -0.2) is 8.42 Å². The number of hydrogen-bond donors (Lipinski definition) is 2. The van der Waals surface area contributed by atoms with Crippen LogP contribution in [0.3, 0.4) is 0 Å². The summed E-state index contributed by atoms with van der Waals surface area (Å²) in [4.78, 5) is 0.0888. The first kappa shape index (κ1) is 18.2. The smallest absolute Gasteiger partial charge is 0.261 e. The average molecular weight is 395 g/mol. The quantitative estimate of drug-likeness (QED) is 0.628. The Kier molecular flexibility index (Phi) is 5.11. The van der Waals surface area contributed by atoms with Gasteiger partial charge in [0.2, 0.25) is 0 Å². The summed E-state index contributed by atoms with van der Waals surface area (Å²) in [6.45, 7) is 0. The molecule has 0 atom stereocenters. The number of nitrogens with one attached hydrogen (secondary N) is 2. The largest absolute Gasteiger partial charge is 0.355 e. The van der Waals surface area contributed by atoms with Crippen LogP contribution in [0.4, 0.5) is 25.8 Å². The van der Waals surface area contributed by atoms with E-state index in [4.69, 9.17) is 11.6 Å². The lowest BCUT2D eigenvalue weighted by atomic mass is 10.2. The normalized spacial score (nSPS) is 11.2. The van der Waals surface area contributed by atoms with Crippen molar-refractivity contribution in [2.75, 3.05) is 10.0 Å². The molecule has 0 aliphatic carbocycles. The van der Waals surface area contributed by atoms with Crippen molar-refractivity contribution in [2.24, 2.45) is 0 Å². The highest BCUT2D eigenvalue weighted by Crippen LogP contribution is 2.23. The first-order valence-corrected chi connectivity index (χ1v) is 9.30. The van der Waals surface area contributed by atoms with E-state index in [1.807, 2.05) is 0 Å². The first-order valence-electron chi connectivity index (χ1n) is 7.44. The van der Waals surface area contributed by atoms with E-state index in [0.29, 0.717) is 22.1 Å². The maximum atomic E-state index is 13.2. The van der Waals surface area contributed by atoms with Crippen LogP contribution in [-0.2, 0) is 10.0 Å². The molecule has 0 unspecified atom stereocenters. The summed E-state index contributed by atoms with van der Waals surface area (Å²) in [5.41, 5.74) is 1.32. The number of hydrogen-bond acceptors (Lipinski definition) is 3. The molecule has 0 bridgehead atoms. The highest BCUT2D eigenvalue weighted by atomic mass is 35.5. The van der Waals surface area contributed by atoms with Gasteiger partial charge in [-0.15, -0.1) is 0 Å². The Labute approximate surface area is 154 Å². The Morgan fingerprint density at radius 2 is 1.31 bits per heavy atom. The molecule has 2 N–H and O–H groups in total. The molecule has 0 saturated heterocycles. The van der Waals surface area contributed by atoms with Crippen LogP contribution in [0, 0.1) is 11.6 Å². The van der Waals surface area contributed by atoms with Gasteiger partial charge in [-0.3, -0.25) is 4.72 Å². The summed E-state index contributed by atoms with van der Waals surface area (Å²) >= 11 is 5.76. The SMILES string of the molecule is O=S(=O)(Nc1ccc(Nc2ccc(F)c(F)c2)cc1)c1ccc(Cl)cc1. The van der Waals surface area contributed by atoms with Crippen molar-refractivity contribution in [1.82, 2.24) is 0 Å². The van der Waals surface area contributed by atoms with Crippen molar-refractivity contribution in [3.05, 3.63) is 83.4 Å². The van der Waals surface area contributed by atoms with E-state index in [0.717, 1.165) is 12.1 Å². The minimum Gasteiger partial charge on any atom is -0.355 e. The van der Waals surface area contributed by atoms with Gasteiger partial charge in [0.15, 0.2) is 11.6 Å². The van der Waals surface area contributed by atoms with Gasteiger partial charge < -0.3 is 5.32 Å². The van der Waals surface area contributed by atoms with E-state index >= 15 is 0 Å². The van der Waals surface area contributed by atoms with Gasteiger partial charge in [0.25, 0.3) is 10.0 Å². The third-order valence-corrected chi connectivity index (χ3v) is 5.12. The highest BCUT2D eigenvalue weighted by molar-refractivity contribution is 7.92. The molecule has 0 heterocycles. The topological polar surface area (TPSA) is 58.2 Å². The van der Waals surface area contributed by atoms with Gasteiger partial charge in [-0.1, -0.05) is 11.6 Å². The van der Waals surface area contributed by atoms with Gasteiger partial charge in [0.1, 0.15) is 0 Å². The lowest BCUT2D eigenvalue weighted by molar-refractivity contribution is 0.509. The molecule has 0 spiro atoms. The van der Waals surface area contributed by atoms with E-state index in [1.54, 1.807) is 24.3 Å². The van der Waals surface area contributed by atoms with Crippen LogP contribution in [0.2, 0.25) is 5.02 Å². The highest BCUT2D eigenvalue weighted by Gasteiger charge is 2.13. The maximum Gasteiger partial charge on any atom is 0.261 e. The van der Waals surface area contributed by atoms with Gasteiger partial charge in [0, 0.05) is 28.2 Å². The Balaban J connectivity index is 1.73. The molecule has 3 aromatic rings. The van der Waals surface area contributed by atoms with Crippen LogP contribution in [0.25, 0.3) is 0 Å². The van der Waals surface area contributed by atoms with Crippen LogP contribution in [0.5, 0.6) is 0 Å². The summed E-state index contributed by atoms with van der Waals surface area (Å²) in [6.07, 6.45) is 0. The predicted octanol–water partition coefficient (Wildman–Crippen LogP) is 5.16. The van der Waals surface area contributed by atoms with Gasteiger partial charge in [0.05, 0.1) is 4.90 Å². The summed E-state index contributed by atoms with van der Waals surface area (Å²) in [5, 5.41) is 3.34. The Morgan fingerprint density at radius 3 is 1.92 bits per heavy atom. The average Bonchev–Trinajstić information content (AvgIpc) is 2.60. The predicted molar refractivity (Wildman–Crippen MR) is 98.3 cm³/mol. The van der Waals surface area contributed by atoms with Gasteiger partial charge in [-0.05, 0) is 60.7 Å². The summed E-state index contributed by atoms with van der Waals surface area (Å²) in [7, 11) is -3.73. The van der Waals surface area contributed by atoms with E-state index in [-0.39, 0.29) is 4.90 Å². The number of benzene rings is 3. The van der Waals surface area contributed by atoms with E-state index in [9.17, 15) is 17.2 Å².